The Morgan fingerprint density at radius 2 is 1.96 bits per heavy atom. The monoisotopic (exact) mass is 356 g/mol. The minimum absolute atomic E-state index is 0.0575. The molecule has 134 valence electrons. The zero-order chi connectivity index (χ0) is 17.7. The van der Waals surface area contributed by atoms with Crippen LogP contribution in [0.4, 0.5) is 0 Å². The summed E-state index contributed by atoms with van der Waals surface area (Å²) in [5.41, 5.74) is 0. The predicted molar refractivity (Wildman–Crippen MR) is 89.5 cm³/mol. The number of benzene rings is 1. The molecule has 0 saturated heterocycles. The van der Waals surface area contributed by atoms with E-state index in [-0.39, 0.29) is 24.1 Å². The number of hydrogen-bond donors (Lipinski definition) is 1. The van der Waals surface area contributed by atoms with E-state index in [1.807, 2.05) is 0 Å². The van der Waals surface area contributed by atoms with Crippen molar-refractivity contribution in [3.8, 4) is 11.5 Å². The molecule has 0 bridgehead atoms. The fourth-order valence-electron chi connectivity index (χ4n) is 2.28. The van der Waals surface area contributed by atoms with Gasteiger partial charge in [0.25, 0.3) is 0 Å². The Labute approximate surface area is 143 Å². The molecule has 1 heterocycles. The summed E-state index contributed by atoms with van der Waals surface area (Å²) in [6.07, 6.45) is 0.883. The molecule has 0 aromatic heterocycles. The zero-order valence-electron chi connectivity index (χ0n) is 14.2. The maximum Gasteiger partial charge on any atom is 0.240 e. The van der Waals surface area contributed by atoms with Crippen LogP contribution in [0.2, 0.25) is 0 Å². The molecule has 8 heteroatoms. The highest BCUT2D eigenvalue weighted by Crippen LogP contribution is 2.33. The fourth-order valence-corrected chi connectivity index (χ4v) is 3.32. The van der Waals surface area contributed by atoms with Crippen LogP contribution in [-0.4, -0.2) is 45.7 Å². The summed E-state index contributed by atoms with van der Waals surface area (Å²) in [5, 5.41) is 0. The van der Waals surface area contributed by atoms with E-state index in [2.05, 4.69) is 18.6 Å². The standard InChI is InChI=1S/C16H24N2O5S/c1-12(2)6-8-18(13(3)19)9-7-17-24(20,21)14-4-5-15-16(10-14)23-11-22-15/h4-5,10,12,17H,6-9,11H2,1-3H3. The number of ether oxygens (including phenoxy) is 2. The Morgan fingerprint density at radius 1 is 1.25 bits per heavy atom. The first-order valence-corrected chi connectivity index (χ1v) is 9.43. The first-order chi connectivity index (χ1) is 11.3. The molecule has 0 unspecified atom stereocenters. The van der Waals surface area contributed by atoms with E-state index in [4.69, 9.17) is 9.47 Å². The molecule has 0 saturated carbocycles. The van der Waals surface area contributed by atoms with Gasteiger partial charge in [-0.15, -0.1) is 0 Å². The lowest BCUT2D eigenvalue weighted by atomic mass is 10.1. The second-order valence-corrected chi connectivity index (χ2v) is 7.87. The molecule has 2 rings (SSSR count). The quantitative estimate of drug-likeness (QED) is 0.764. The number of carbonyl (C=O) groups is 1. The summed E-state index contributed by atoms with van der Waals surface area (Å²) in [6.45, 7) is 6.88. The number of rotatable bonds is 8. The average Bonchev–Trinajstić information content (AvgIpc) is 2.97. The van der Waals surface area contributed by atoms with Crippen LogP contribution < -0.4 is 14.2 Å². The highest BCUT2D eigenvalue weighted by molar-refractivity contribution is 7.89. The number of hydrogen-bond acceptors (Lipinski definition) is 5. The fraction of sp³-hybridized carbons (Fsp3) is 0.562. The van der Waals surface area contributed by atoms with Crippen LogP contribution in [0.15, 0.2) is 23.1 Å². The summed E-state index contributed by atoms with van der Waals surface area (Å²) in [6, 6.07) is 4.48. The van der Waals surface area contributed by atoms with Crippen molar-refractivity contribution in [2.45, 2.75) is 32.1 Å². The van der Waals surface area contributed by atoms with Crippen molar-refractivity contribution in [3.05, 3.63) is 18.2 Å². The molecular formula is C16H24N2O5S. The predicted octanol–water partition coefficient (Wildman–Crippen LogP) is 1.59. The van der Waals surface area contributed by atoms with Crippen LogP contribution in [0.1, 0.15) is 27.2 Å². The first-order valence-electron chi connectivity index (χ1n) is 7.94. The van der Waals surface area contributed by atoms with Gasteiger partial charge in [-0.3, -0.25) is 4.79 Å². The Kier molecular flexibility index (Phi) is 6.06. The Hall–Kier alpha value is -1.80. The molecule has 1 amide bonds. The second kappa shape index (κ2) is 7.85. The van der Waals surface area contributed by atoms with Crippen molar-refractivity contribution in [3.63, 3.8) is 0 Å². The topological polar surface area (TPSA) is 84.9 Å². The zero-order valence-corrected chi connectivity index (χ0v) is 15.1. The summed E-state index contributed by atoms with van der Waals surface area (Å²) >= 11 is 0. The van der Waals surface area contributed by atoms with Crippen molar-refractivity contribution >= 4 is 15.9 Å². The Bertz CT molecular complexity index is 688. The smallest absolute Gasteiger partial charge is 0.240 e. The van der Waals surface area contributed by atoms with E-state index in [1.165, 1.54) is 19.1 Å². The van der Waals surface area contributed by atoms with E-state index in [0.717, 1.165) is 6.42 Å². The van der Waals surface area contributed by atoms with E-state index < -0.39 is 10.0 Å². The van der Waals surface area contributed by atoms with Crippen LogP contribution in [0.25, 0.3) is 0 Å². The van der Waals surface area contributed by atoms with E-state index >= 15 is 0 Å². The van der Waals surface area contributed by atoms with Gasteiger partial charge in [0.15, 0.2) is 11.5 Å². The number of carbonyl (C=O) groups excluding carboxylic acids is 1. The second-order valence-electron chi connectivity index (χ2n) is 6.10. The van der Waals surface area contributed by atoms with Gasteiger partial charge in [0.05, 0.1) is 4.90 Å². The van der Waals surface area contributed by atoms with Gasteiger partial charge in [0.2, 0.25) is 22.7 Å². The third-order valence-electron chi connectivity index (χ3n) is 3.75. The van der Waals surface area contributed by atoms with Crippen LogP contribution in [0, 0.1) is 5.92 Å². The van der Waals surface area contributed by atoms with Crippen LogP contribution in [-0.2, 0) is 14.8 Å². The Balaban J connectivity index is 1.93. The van der Waals surface area contributed by atoms with Gasteiger partial charge >= 0.3 is 0 Å². The van der Waals surface area contributed by atoms with Gasteiger partial charge in [0.1, 0.15) is 0 Å². The maximum atomic E-state index is 12.3. The van der Waals surface area contributed by atoms with Gasteiger partial charge in [-0.2, -0.15) is 0 Å². The molecule has 1 aromatic rings. The molecule has 0 radical (unpaired) electrons. The van der Waals surface area contributed by atoms with Gasteiger partial charge < -0.3 is 14.4 Å². The van der Waals surface area contributed by atoms with Crippen molar-refractivity contribution in [1.29, 1.82) is 0 Å². The van der Waals surface area contributed by atoms with Gasteiger partial charge in [-0.05, 0) is 24.5 Å². The summed E-state index contributed by atoms with van der Waals surface area (Å²) in [7, 11) is -3.66. The van der Waals surface area contributed by atoms with E-state index in [9.17, 15) is 13.2 Å². The maximum absolute atomic E-state index is 12.3. The number of amides is 1. The van der Waals surface area contributed by atoms with Crippen LogP contribution in [0.3, 0.4) is 0 Å². The minimum atomic E-state index is -3.66. The SMILES string of the molecule is CC(=O)N(CCNS(=O)(=O)c1ccc2c(c1)OCO2)CCC(C)C. The normalized spacial score (nSPS) is 13.3. The molecular weight excluding hydrogens is 332 g/mol. The van der Waals surface area contributed by atoms with Crippen molar-refractivity contribution < 1.29 is 22.7 Å². The minimum Gasteiger partial charge on any atom is -0.454 e. The van der Waals surface area contributed by atoms with Gasteiger partial charge in [-0.1, -0.05) is 13.8 Å². The number of nitrogens with zero attached hydrogens (tertiary/aromatic N) is 1. The number of fused-ring (bicyclic) bond motifs is 1. The molecule has 7 nitrogen and oxygen atoms in total. The molecule has 1 aromatic carbocycles. The molecule has 0 aliphatic carbocycles. The molecule has 0 fully saturated rings. The summed E-state index contributed by atoms with van der Waals surface area (Å²) in [5.74, 6) is 1.38. The molecule has 1 N–H and O–H groups in total. The lowest BCUT2D eigenvalue weighted by molar-refractivity contribution is -0.128. The molecule has 0 atom stereocenters. The Morgan fingerprint density at radius 3 is 2.62 bits per heavy atom. The molecule has 24 heavy (non-hydrogen) atoms. The molecule has 1 aliphatic heterocycles. The summed E-state index contributed by atoms with van der Waals surface area (Å²) < 4.78 is 37.6. The number of sulfonamides is 1. The molecule has 0 spiro atoms. The van der Waals surface area contributed by atoms with E-state index in [1.54, 1.807) is 11.0 Å². The third-order valence-corrected chi connectivity index (χ3v) is 5.21. The molecule has 1 aliphatic rings. The summed E-state index contributed by atoms with van der Waals surface area (Å²) in [4.78, 5) is 13.4. The first kappa shape index (κ1) is 18.5. The largest absolute Gasteiger partial charge is 0.454 e. The van der Waals surface area contributed by atoms with Gasteiger partial charge in [-0.25, -0.2) is 13.1 Å². The third kappa shape index (κ3) is 4.85. The van der Waals surface area contributed by atoms with Crippen molar-refractivity contribution in [2.75, 3.05) is 26.4 Å². The highest BCUT2D eigenvalue weighted by atomic mass is 32.2. The highest BCUT2D eigenvalue weighted by Gasteiger charge is 2.20. The lowest BCUT2D eigenvalue weighted by Crippen LogP contribution is -2.38. The van der Waals surface area contributed by atoms with Crippen LogP contribution in [0.5, 0.6) is 11.5 Å². The average molecular weight is 356 g/mol. The van der Waals surface area contributed by atoms with Crippen LogP contribution >= 0.6 is 0 Å². The van der Waals surface area contributed by atoms with E-state index in [0.29, 0.717) is 30.5 Å². The van der Waals surface area contributed by atoms with Crippen molar-refractivity contribution in [1.82, 2.24) is 9.62 Å². The van der Waals surface area contributed by atoms with Crippen molar-refractivity contribution in [2.24, 2.45) is 5.92 Å². The number of nitrogens with one attached hydrogen (secondary N) is 1. The van der Waals surface area contributed by atoms with Gasteiger partial charge in [0, 0.05) is 32.6 Å². The lowest BCUT2D eigenvalue weighted by Gasteiger charge is -2.22.